The third-order valence-corrected chi connectivity index (χ3v) is 8.39. The zero-order valence-corrected chi connectivity index (χ0v) is 19.8. The van der Waals surface area contributed by atoms with Crippen molar-refractivity contribution in [3.05, 3.63) is 59.9 Å². The Morgan fingerprint density at radius 2 is 2.00 bits per heavy atom. The molecule has 186 valence electrons. The Balaban J connectivity index is 1.40. The molecule has 7 heteroatoms. The number of fused-ring (bicyclic) bond motifs is 2. The number of benzene rings is 1. The van der Waals surface area contributed by atoms with Crippen molar-refractivity contribution >= 4 is 12.0 Å². The van der Waals surface area contributed by atoms with Gasteiger partial charge in [0.05, 0.1) is 22.8 Å². The minimum atomic E-state index is -4.39. The fraction of sp³-hybridized carbons (Fsp3) is 0.500. The average molecular weight is 486 g/mol. The smallest absolute Gasteiger partial charge is 0.416 e. The van der Waals surface area contributed by atoms with Gasteiger partial charge in [0.1, 0.15) is 6.10 Å². The molecule has 0 spiro atoms. The molecular formula is C28H30F3NO3. The highest BCUT2D eigenvalue weighted by molar-refractivity contribution is 5.75. The predicted octanol–water partition coefficient (Wildman–Crippen LogP) is 6.15. The van der Waals surface area contributed by atoms with Gasteiger partial charge in [0.15, 0.2) is 0 Å². The fourth-order valence-electron chi connectivity index (χ4n) is 6.69. The summed E-state index contributed by atoms with van der Waals surface area (Å²) in [5.41, 5.74) is 0.279. The van der Waals surface area contributed by atoms with E-state index in [-0.39, 0.29) is 41.7 Å². The Hall–Kier alpha value is -2.67. The standard InChI is InChI=1S/C28H30F3NO3/c1-16-25-22(21-7-4-12-27(2,34)24(21)14-23(25)26(33)35-16)11-10-20-9-8-18(15-32-20)17-5-3-6-19(13-17)28(29,30)31/h3,5-6,8-11,13,15-16,21-25,34H,4,7,12,14H2,1-2H3/b11-10+/t16-,21?,22+,23?,24?,25?,27-/m1/s1. The van der Waals surface area contributed by atoms with E-state index in [0.29, 0.717) is 23.2 Å². The number of esters is 1. The van der Waals surface area contributed by atoms with Gasteiger partial charge >= 0.3 is 12.1 Å². The topological polar surface area (TPSA) is 59.4 Å². The molecule has 1 N–H and O–H groups in total. The van der Waals surface area contributed by atoms with E-state index in [1.807, 2.05) is 19.9 Å². The van der Waals surface area contributed by atoms with Crippen LogP contribution in [0.4, 0.5) is 13.2 Å². The molecule has 0 radical (unpaired) electrons. The minimum absolute atomic E-state index is 0.0428. The number of pyridine rings is 1. The van der Waals surface area contributed by atoms with Crippen LogP contribution in [0.3, 0.4) is 0 Å². The van der Waals surface area contributed by atoms with Gasteiger partial charge in [-0.1, -0.05) is 30.7 Å². The van der Waals surface area contributed by atoms with E-state index in [1.54, 1.807) is 24.4 Å². The SMILES string of the molecule is C[C@H]1OC(=O)C2CC3C(CCC[C@@]3(C)O)[C@H](/C=C/c3ccc(-c4cccc(C(F)(F)F)c4)cn3)C21. The van der Waals surface area contributed by atoms with Gasteiger partial charge < -0.3 is 9.84 Å². The van der Waals surface area contributed by atoms with E-state index in [4.69, 9.17) is 4.74 Å². The number of rotatable bonds is 3. The van der Waals surface area contributed by atoms with Gasteiger partial charge in [-0.25, -0.2) is 0 Å². The lowest BCUT2D eigenvalue weighted by molar-refractivity contribution is -0.146. The summed E-state index contributed by atoms with van der Waals surface area (Å²) in [5.74, 6) is 0.0834. The second-order valence-electron chi connectivity index (χ2n) is 10.6. The summed E-state index contributed by atoms with van der Waals surface area (Å²) >= 11 is 0. The maximum absolute atomic E-state index is 13.1. The van der Waals surface area contributed by atoms with Crippen molar-refractivity contribution in [1.82, 2.24) is 4.98 Å². The summed E-state index contributed by atoms with van der Waals surface area (Å²) in [6.07, 6.45) is 4.41. The van der Waals surface area contributed by atoms with E-state index >= 15 is 0 Å². The van der Waals surface area contributed by atoms with Gasteiger partial charge in [0, 0.05) is 17.7 Å². The zero-order valence-electron chi connectivity index (χ0n) is 19.8. The Bertz CT molecular complexity index is 1130. The first kappa shape index (κ1) is 24.0. The van der Waals surface area contributed by atoms with Crippen LogP contribution in [-0.2, 0) is 15.7 Å². The van der Waals surface area contributed by atoms with Gasteiger partial charge in [-0.05, 0) is 80.7 Å². The number of carbonyl (C=O) groups excluding carboxylic acids is 1. The maximum Gasteiger partial charge on any atom is 0.416 e. The molecule has 2 aliphatic carbocycles. The quantitative estimate of drug-likeness (QED) is 0.530. The Kier molecular flexibility index (Phi) is 6.02. The number of allylic oxidation sites excluding steroid dienone is 1. The van der Waals surface area contributed by atoms with Crippen LogP contribution in [0.2, 0.25) is 0 Å². The predicted molar refractivity (Wildman–Crippen MR) is 126 cm³/mol. The largest absolute Gasteiger partial charge is 0.462 e. The third-order valence-electron chi connectivity index (χ3n) is 8.39. The molecule has 0 amide bonds. The third kappa shape index (κ3) is 4.51. The number of hydrogen-bond acceptors (Lipinski definition) is 4. The molecule has 5 rings (SSSR count). The van der Waals surface area contributed by atoms with Gasteiger partial charge in [-0.15, -0.1) is 0 Å². The van der Waals surface area contributed by atoms with Crippen molar-refractivity contribution in [2.24, 2.45) is 29.6 Å². The van der Waals surface area contributed by atoms with Crippen LogP contribution in [-0.4, -0.2) is 27.8 Å². The van der Waals surface area contributed by atoms with Crippen molar-refractivity contribution in [3.8, 4) is 11.1 Å². The van der Waals surface area contributed by atoms with Crippen LogP contribution in [0.25, 0.3) is 17.2 Å². The monoisotopic (exact) mass is 485 g/mol. The van der Waals surface area contributed by atoms with Crippen molar-refractivity contribution < 1.29 is 27.8 Å². The van der Waals surface area contributed by atoms with Gasteiger partial charge in [0.2, 0.25) is 0 Å². The van der Waals surface area contributed by atoms with Crippen molar-refractivity contribution in [2.75, 3.05) is 0 Å². The number of aliphatic hydroxyl groups is 1. The van der Waals surface area contributed by atoms with Gasteiger partial charge in [-0.2, -0.15) is 13.2 Å². The molecule has 2 aromatic rings. The lowest BCUT2D eigenvalue weighted by Gasteiger charge is -2.51. The Labute approximate surface area is 203 Å². The van der Waals surface area contributed by atoms with E-state index in [2.05, 4.69) is 11.1 Å². The molecule has 4 nitrogen and oxygen atoms in total. The van der Waals surface area contributed by atoms with Crippen molar-refractivity contribution in [3.63, 3.8) is 0 Å². The number of carbonyl (C=O) groups is 1. The normalized spacial score (nSPS) is 35.0. The summed E-state index contributed by atoms with van der Waals surface area (Å²) in [7, 11) is 0. The minimum Gasteiger partial charge on any atom is -0.462 e. The number of hydrogen-bond donors (Lipinski definition) is 1. The van der Waals surface area contributed by atoms with Crippen LogP contribution < -0.4 is 0 Å². The molecule has 4 unspecified atom stereocenters. The highest BCUT2D eigenvalue weighted by Crippen LogP contribution is 2.56. The molecule has 2 saturated carbocycles. The van der Waals surface area contributed by atoms with Gasteiger partial charge in [0.25, 0.3) is 0 Å². The molecule has 35 heavy (non-hydrogen) atoms. The molecule has 3 aliphatic rings. The number of ether oxygens (including phenoxy) is 1. The summed E-state index contributed by atoms with van der Waals surface area (Å²) in [6, 6.07) is 8.78. The second kappa shape index (κ2) is 8.77. The molecular weight excluding hydrogens is 455 g/mol. The molecule has 1 aromatic heterocycles. The number of nitrogens with zero attached hydrogens (tertiary/aromatic N) is 1. The summed E-state index contributed by atoms with van der Waals surface area (Å²) < 4.78 is 44.8. The first-order valence-electron chi connectivity index (χ1n) is 12.3. The van der Waals surface area contributed by atoms with Crippen LogP contribution in [0, 0.1) is 29.6 Å². The molecule has 1 aliphatic heterocycles. The molecule has 1 saturated heterocycles. The van der Waals surface area contributed by atoms with Crippen LogP contribution >= 0.6 is 0 Å². The van der Waals surface area contributed by atoms with E-state index < -0.39 is 17.3 Å². The van der Waals surface area contributed by atoms with Gasteiger partial charge in [-0.3, -0.25) is 9.78 Å². The number of halogens is 3. The highest BCUT2D eigenvalue weighted by atomic mass is 19.4. The highest BCUT2D eigenvalue weighted by Gasteiger charge is 2.57. The molecule has 0 bridgehead atoms. The lowest BCUT2D eigenvalue weighted by Crippen LogP contribution is -2.52. The molecule has 7 atom stereocenters. The first-order chi connectivity index (χ1) is 16.5. The summed E-state index contributed by atoms with van der Waals surface area (Å²) in [6.45, 7) is 3.84. The van der Waals surface area contributed by atoms with Crippen LogP contribution in [0.15, 0.2) is 48.7 Å². The Morgan fingerprint density at radius 3 is 2.71 bits per heavy atom. The maximum atomic E-state index is 13.1. The second-order valence-corrected chi connectivity index (χ2v) is 10.6. The first-order valence-corrected chi connectivity index (χ1v) is 12.3. The van der Waals surface area contributed by atoms with E-state index in [9.17, 15) is 23.1 Å². The van der Waals surface area contributed by atoms with Crippen molar-refractivity contribution in [2.45, 2.75) is 57.4 Å². The van der Waals surface area contributed by atoms with E-state index in [1.165, 1.54) is 6.07 Å². The fourth-order valence-corrected chi connectivity index (χ4v) is 6.69. The lowest BCUT2D eigenvalue weighted by atomic mass is 9.54. The number of cyclic esters (lactones) is 1. The summed E-state index contributed by atoms with van der Waals surface area (Å²) in [5, 5.41) is 11.1. The van der Waals surface area contributed by atoms with Crippen molar-refractivity contribution in [1.29, 1.82) is 0 Å². The summed E-state index contributed by atoms with van der Waals surface area (Å²) in [4.78, 5) is 17.0. The number of aromatic nitrogens is 1. The van der Waals surface area contributed by atoms with Crippen LogP contribution in [0.1, 0.15) is 50.8 Å². The van der Waals surface area contributed by atoms with E-state index in [0.717, 1.165) is 31.4 Å². The average Bonchev–Trinajstić information content (AvgIpc) is 3.10. The van der Waals surface area contributed by atoms with Crippen LogP contribution in [0.5, 0.6) is 0 Å². The molecule has 1 aromatic carbocycles. The molecule has 2 heterocycles. The zero-order chi connectivity index (χ0) is 25.0. The molecule has 3 fully saturated rings. The number of alkyl halides is 3. The Morgan fingerprint density at radius 1 is 1.20 bits per heavy atom.